The van der Waals surface area contributed by atoms with E-state index < -0.39 is 0 Å². The van der Waals surface area contributed by atoms with Crippen molar-refractivity contribution in [3.8, 4) is 0 Å². The van der Waals surface area contributed by atoms with Crippen LogP contribution in [-0.4, -0.2) is 38.8 Å². The maximum atomic E-state index is 12.0. The molecule has 7 heteroatoms. The van der Waals surface area contributed by atoms with Crippen LogP contribution < -0.4 is 5.73 Å². The summed E-state index contributed by atoms with van der Waals surface area (Å²) in [6, 6.07) is 1.84. The lowest BCUT2D eigenvalue weighted by Gasteiger charge is -2.38. The molecule has 1 aliphatic rings. The minimum absolute atomic E-state index is 0.0378. The molecule has 0 bridgehead atoms. The lowest BCUT2D eigenvalue weighted by molar-refractivity contribution is 0.0603. The van der Waals surface area contributed by atoms with Gasteiger partial charge in [-0.2, -0.15) is 0 Å². The smallest absolute Gasteiger partial charge is 0.265 e. The fourth-order valence-corrected chi connectivity index (χ4v) is 2.51. The molecule has 18 heavy (non-hydrogen) atoms. The van der Waals surface area contributed by atoms with Crippen molar-refractivity contribution in [2.45, 2.75) is 5.92 Å². The molecule has 1 saturated heterocycles. The normalized spacial score (nSPS) is 15.4. The summed E-state index contributed by atoms with van der Waals surface area (Å²) in [7, 11) is 0. The number of anilines is 1. The number of likely N-dealkylation sites (tertiary alicyclic amines) is 1. The number of nitrogens with two attached hydrogens (primary N) is 1. The van der Waals surface area contributed by atoms with Gasteiger partial charge in [0.25, 0.3) is 5.91 Å². The zero-order valence-corrected chi connectivity index (χ0v) is 10.3. The van der Waals surface area contributed by atoms with Crippen molar-refractivity contribution in [2.24, 2.45) is 0 Å². The summed E-state index contributed by atoms with van der Waals surface area (Å²) < 4.78 is 0. The fraction of sp³-hybridized carbons (Fsp3) is 0.273. The molecule has 1 amide bonds. The molecule has 3 rings (SSSR count). The van der Waals surface area contributed by atoms with E-state index in [1.165, 1.54) is 11.3 Å². The van der Waals surface area contributed by atoms with Crippen molar-refractivity contribution in [3.05, 3.63) is 34.5 Å². The van der Waals surface area contributed by atoms with Gasteiger partial charge in [0.05, 0.1) is 17.4 Å². The highest BCUT2D eigenvalue weighted by molar-refractivity contribution is 7.11. The van der Waals surface area contributed by atoms with E-state index in [0.717, 1.165) is 5.69 Å². The van der Waals surface area contributed by atoms with E-state index in [-0.39, 0.29) is 17.8 Å². The molecule has 0 saturated carbocycles. The standard InChI is InChI=1S/C11H11N5OS/c12-11-14-2-1-8(15-11)7-4-16(5-7)10(17)9-3-13-6-18-9/h1-3,6-7H,4-5H2,(H2,12,14,15). The van der Waals surface area contributed by atoms with Crippen LogP contribution in [0.1, 0.15) is 21.3 Å². The quantitative estimate of drug-likeness (QED) is 0.862. The van der Waals surface area contributed by atoms with E-state index in [2.05, 4.69) is 15.0 Å². The first-order valence-corrected chi connectivity index (χ1v) is 6.38. The summed E-state index contributed by atoms with van der Waals surface area (Å²) in [6.07, 6.45) is 3.24. The van der Waals surface area contributed by atoms with Crippen molar-refractivity contribution >= 4 is 23.2 Å². The molecule has 0 unspecified atom stereocenters. The number of hydrogen-bond acceptors (Lipinski definition) is 6. The first-order chi connectivity index (χ1) is 8.74. The van der Waals surface area contributed by atoms with Crippen molar-refractivity contribution in [2.75, 3.05) is 18.8 Å². The third-order valence-electron chi connectivity index (χ3n) is 2.93. The summed E-state index contributed by atoms with van der Waals surface area (Å²) in [5.74, 6) is 0.572. The minimum atomic E-state index is 0.0378. The van der Waals surface area contributed by atoms with Gasteiger partial charge >= 0.3 is 0 Å². The zero-order chi connectivity index (χ0) is 12.5. The van der Waals surface area contributed by atoms with Gasteiger partial charge in [-0.1, -0.05) is 0 Å². The summed E-state index contributed by atoms with van der Waals surface area (Å²) in [5, 5.41) is 0. The second kappa shape index (κ2) is 4.34. The molecule has 0 spiro atoms. The third-order valence-corrected chi connectivity index (χ3v) is 3.69. The Morgan fingerprint density at radius 2 is 2.33 bits per heavy atom. The number of rotatable bonds is 2. The molecule has 0 aliphatic carbocycles. The Labute approximate surface area is 108 Å². The van der Waals surface area contributed by atoms with Gasteiger partial charge in [-0.3, -0.25) is 9.78 Å². The highest BCUT2D eigenvalue weighted by Crippen LogP contribution is 2.27. The van der Waals surface area contributed by atoms with Crippen LogP contribution in [0.25, 0.3) is 0 Å². The number of aromatic nitrogens is 3. The van der Waals surface area contributed by atoms with E-state index in [1.807, 2.05) is 6.07 Å². The van der Waals surface area contributed by atoms with Gasteiger partial charge in [0.15, 0.2) is 0 Å². The van der Waals surface area contributed by atoms with Crippen LogP contribution in [0, 0.1) is 0 Å². The molecular formula is C11H11N5OS. The van der Waals surface area contributed by atoms with E-state index in [4.69, 9.17) is 5.73 Å². The maximum Gasteiger partial charge on any atom is 0.265 e. The number of carbonyl (C=O) groups is 1. The molecule has 6 nitrogen and oxygen atoms in total. The average Bonchev–Trinajstić information content (AvgIpc) is 2.80. The summed E-state index contributed by atoms with van der Waals surface area (Å²) in [5.41, 5.74) is 8.10. The maximum absolute atomic E-state index is 12.0. The molecule has 2 aromatic heterocycles. The molecule has 1 fully saturated rings. The number of nitrogens with zero attached hydrogens (tertiary/aromatic N) is 4. The molecule has 2 aromatic rings. The zero-order valence-electron chi connectivity index (χ0n) is 9.48. The first kappa shape index (κ1) is 11.1. The molecule has 0 atom stereocenters. The van der Waals surface area contributed by atoms with E-state index in [9.17, 15) is 4.79 Å². The SMILES string of the molecule is Nc1nccc(C2CN(C(=O)c3cncs3)C2)n1. The van der Waals surface area contributed by atoms with Crippen molar-refractivity contribution in [1.82, 2.24) is 19.9 Å². The van der Waals surface area contributed by atoms with Crippen LogP contribution in [0.4, 0.5) is 5.95 Å². The second-order valence-electron chi connectivity index (χ2n) is 4.11. The Morgan fingerprint density at radius 3 is 3.00 bits per heavy atom. The highest BCUT2D eigenvalue weighted by Gasteiger charge is 2.33. The van der Waals surface area contributed by atoms with Gasteiger partial charge in [0.2, 0.25) is 5.95 Å². The largest absolute Gasteiger partial charge is 0.368 e. The van der Waals surface area contributed by atoms with Crippen LogP contribution in [0.15, 0.2) is 24.0 Å². The first-order valence-electron chi connectivity index (χ1n) is 5.50. The summed E-state index contributed by atoms with van der Waals surface area (Å²) in [6.45, 7) is 1.35. The van der Waals surface area contributed by atoms with Gasteiger partial charge in [-0.25, -0.2) is 9.97 Å². The molecule has 2 N–H and O–H groups in total. The predicted molar refractivity (Wildman–Crippen MR) is 67.2 cm³/mol. The molecule has 0 aromatic carbocycles. The Bertz CT molecular complexity index is 565. The van der Waals surface area contributed by atoms with Crippen LogP contribution >= 0.6 is 11.3 Å². The fourth-order valence-electron chi connectivity index (χ4n) is 1.92. The number of carbonyl (C=O) groups excluding carboxylic acids is 1. The van der Waals surface area contributed by atoms with Crippen LogP contribution in [0.5, 0.6) is 0 Å². The Kier molecular flexibility index (Phi) is 2.67. The Hall–Kier alpha value is -2.02. The van der Waals surface area contributed by atoms with Crippen LogP contribution in [0.2, 0.25) is 0 Å². The summed E-state index contributed by atoms with van der Waals surface area (Å²) >= 11 is 1.36. The van der Waals surface area contributed by atoms with Gasteiger partial charge in [0, 0.05) is 25.2 Å². The van der Waals surface area contributed by atoms with Gasteiger partial charge in [0.1, 0.15) is 4.88 Å². The third kappa shape index (κ3) is 1.92. The summed E-state index contributed by atoms with van der Waals surface area (Å²) in [4.78, 5) is 26.4. The van der Waals surface area contributed by atoms with Crippen molar-refractivity contribution in [1.29, 1.82) is 0 Å². The minimum Gasteiger partial charge on any atom is -0.368 e. The van der Waals surface area contributed by atoms with Crippen LogP contribution in [0.3, 0.4) is 0 Å². The van der Waals surface area contributed by atoms with E-state index in [0.29, 0.717) is 18.0 Å². The van der Waals surface area contributed by atoms with Gasteiger partial charge in [-0.15, -0.1) is 11.3 Å². The van der Waals surface area contributed by atoms with Crippen molar-refractivity contribution < 1.29 is 4.79 Å². The lowest BCUT2D eigenvalue weighted by Crippen LogP contribution is -2.48. The van der Waals surface area contributed by atoms with Crippen molar-refractivity contribution in [3.63, 3.8) is 0 Å². The molecule has 1 aliphatic heterocycles. The van der Waals surface area contributed by atoms with E-state index in [1.54, 1.807) is 22.8 Å². The monoisotopic (exact) mass is 261 g/mol. The molecule has 92 valence electrons. The molecule has 3 heterocycles. The topological polar surface area (TPSA) is 85.0 Å². The highest BCUT2D eigenvalue weighted by atomic mass is 32.1. The predicted octanol–water partition coefficient (Wildman–Crippen LogP) is 0.755. The Morgan fingerprint density at radius 1 is 1.50 bits per heavy atom. The Balaban J connectivity index is 1.65. The molecule has 0 radical (unpaired) electrons. The molecular weight excluding hydrogens is 250 g/mol. The van der Waals surface area contributed by atoms with E-state index >= 15 is 0 Å². The average molecular weight is 261 g/mol. The lowest BCUT2D eigenvalue weighted by atomic mass is 9.96. The number of nitrogen functional groups attached to an aromatic ring is 1. The van der Waals surface area contributed by atoms with Gasteiger partial charge < -0.3 is 10.6 Å². The van der Waals surface area contributed by atoms with Crippen LogP contribution in [-0.2, 0) is 0 Å². The number of hydrogen-bond donors (Lipinski definition) is 1. The number of thiazole rings is 1. The second-order valence-corrected chi connectivity index (χ2v) is 5.00. The number of amides is 1. The van der Waals surface area contributed by atoms with Gasteiger partial charge in [-0.05, 0) is 6.07 Å².